The summed E-state index contributed by atoms with van der Waals surface area (Å²) >= 11 is 0. The van der Waals surface area contributed by atoms with Crippen LogP contribution >= 0.6 is 0 Å². The molecule has 1 aromatic heterocycles. The number of aryl methyl sites for hydroxylation is 1. The molecule has 0 spiro atoms. The van der Waals surface area contributed by atoms with Crippen LogP contribution in [0.15, 0.2) is 95.2 Å². The Labute approximate surface area is 227 Å². The summed E-state index contributed by atoms with van der Waals surface area (Å²) in [6.07, 6.45) is 1.03. The Morgan fingerprint density at radius 2 is 1.15 bits per heavy atom. The van der Waals surface area contributed by atoms with Crippen molar-refractivity contribution in [2.24, 2.45) is 21.8 Å². The maximum atomic E-state index is 9.13. The van der Waals surface area contributed by atoms with Gasteiger partial charge in [0.05, 0.1) is 0 Å². The highest BCUT2D eigenvalue weighted by Gasteiger charge is 2.14. The monoisotopic (exact) mass is 520 g/mol. The number of hydrogen-bond donors (Lipinski definition) is 4. The molecule has 5 rings (SSSR count). The summed E-state index contributed by atoms with van der Waals surface area (Å²) < 4.78 is 2.39. The molecule has 5 aromatic rings. The zero-order valence-corrected chi connectivity index (χ0v) is 22.0. The molecule has 8 heteroatoms. The van der Waals surface area contributed by atoms with Crippen LogP contribution in [0.2, 0.25) is 0 Å². The first-order chi connectivity index (χ1) is 18.9. The van der Waals surface area contributed by atoms with Gasteiger partial charge in [-0.1, -0.05) is 58.8 Å². The van der Waals surface area contributed by atoms with E-state index in [2.05, 4.69) is 70.3 Å². The molecule has 0 aliphatic rings. The van der Waals surface area contributed by atoms with Crippen LogP contribution in [0.1, 0.15) is 17.5 Å². The van der Waals surface area contributed by atoms with Crippen LogP contribution in [0.5, 0.6) is 0 Å². The largest absolute Gasteiger partial charge is 0.409 e. The second kappa shape index (κ2) is 10.9. The zero-order valence-electron chi connectivity index (χ0n) is 22.0. The number of rotatable bonds is 8. The van der Waals surface area contributed by atoms with Crippen molar-refractivity contribution in [3.63, 3.8) is 0 Å². The van der Waals surface area contributed by atoms with E-state index in [-0.39, 0.29) is 11.7 Å². The minimum Gasteiger partial charge on any atom is -0.409 e. The van der Waals surface area contributed by atoms with E-state index in [4.69, 9.17) is 21.9 Å². The lowest BCUT2D eigenvalue weighted by Gasteiger charge is -2.12. The fourth-order valence-corrected chi connectivity index (χ4v) is 5.08. The Balaban J connectivity index is 1.68. The molecule has 0 aliphatic carbocycles. The van der Waals surface area contributed by atoms with E-state index in [9.17, 15) is 0 Å². The number of aromatic nitrogens is 1. The predicted molar refractivity (Wildman–Crippen MR) is 159 cm³/mol. The van der Waals surface area contributed by atoms with Crippen LogP contribution < -0.4 is 11.5 Å². The number of fused-ring (bicyclic) bond motifs is 3. The van der Waals surface area contributed by atoms with Crippen LogP contribution in [0.3, 0.4) is 0 Å². The third-order valence-corrected chi connectivity index (χ3v) is 7.05. The first kappa shape index (κ1) is 25.8. The summed E-state index contributed by atoms with van der Waals surface area (Å²) in [5.74, 6) is 0.156. The topological polar surface area (TPSA) is 125 Å². The highest BCUT2D eigenvalue weighted by molar-refractivity contribution is 6.11. The van der Waals surface area contributed by atoms with Gasteiger partial charge in [0.25, 0.3) is 0 Å². The summed E-state index contributed by atoms with van der Waals surface area (Å²) in [6.45, 7) is 1.90. The molecule has 0 saturated carbocycles. The van der Waals surface area contributed by atoms with E-state index in [1.807, 2.05) is 48.5 Å². The van der Waals surface area contributed by atoms with E-state index in [0.717, 1.165) is 52.5 Å². The highest BCUT2D eigenvalue weighted by atomic mass is 16.4. The van der Waals surface area contributed by atoms with Crippen LogP contribution in [-0.4, -0.2) is 52.2 Å². The van der Waals surface area contributed by atoms with Crippen molar-refractivity contribution in [2.75, 3.05) is 20.6 Å². The molecular formula is C31H32N6O2. The van der Waals surface area contributed by atoms with Crippen LogP contribution in [0.25, 0.3) is 44.1 Å². The van der Waals surface area contributed by atoms with Gasteiger partial charge in [-0.15, -0.1) is 0 Å². The lowest BCUT2D eigenvalue weighted by molar-refractivity contribution is 0.318. The molecule has 0 aliphatic heterocycles. The smallest absolute Gasteiger partial charge is 0.170 e. The van der Waals surface area contributed by atoms with Gasteiger partial charge in [-0.3, -0.25) is 0 Å². The summed E-state index contributed by atoms with van der Waals surface area (Å²) in [7, 11) is 4.18. The molecule has 39 heavy (non-hydrogen) atoms. The van der Waals surface area contributed by atoms with Gasteiger partial charge in [0.2, 0.25) is 0 Å². The number of hydrogen-bond acceptors (Lipinski definition) is 5. The minimum atomic E-state index is 0.0779. The third kappa shape index (κ3) is 5.15. The predicted octanol–water partition coefficient (Wildman–Crippen LogP) is 5.27. The normalized spacial score (nSPS) is 12.6. The number of oxime groups is 2. The van der Waals surface area contributed by atoms with Gasteiger partial charge in [-0.2, -0.15) is 0 Å². The first-order valence-corrected chi connectivity index (χ1v) is 12.8. The standard InChI is InChI=1S/C31H32N6O2/c1-36(2)14-5-15-37-28-12-10-22(20-6-3-8-24(16-20)30(32)34-38)18-26(28)27-19-23(11-13-29(27)37)21-7-4-9-25(17-21)31(33)35-39/h3-4,6-13,16-19,38-39H,5,14-15H2,1-2H3,(H2,32,34)(H2,33,35). The van der Waals surface area contributed by atoms with Crippen molar-refractivity contribution < 1.29 is 10.4 Å². The summed E-state index contributed by atoms with van der Waals surface area (Å²) in [4.78, 5) is 2.20. The Kier molecular flexibility index (Phi) is 7.21. The van der Waals surface area contributed by atoms with Crippen molar-refractivity contribution in [2.45, 2.75) is 13.0 Å². The van der Waals surface area contributed by atoms with Gasteiger partial charge < -0.3 is 31.3 Å². The molecule has 198 valence electrons. The second-order valence-electron chi connectivity index (χ2n) is 9.90. The van der Waals surface area contributed by atoms with Crippen LogP contribution in [0, 0.1) is 0 Å². The average Bonchev–Trinajstić information content (AvgIpc) is 3.28. The van der Waals surface area contributed by atoms with Gasteiger partial charge in [-0.05, 0) is 85.7 Å². The number of benzene rings is 4. The second-order valence-corrected chi connectivity index (χ2v) is 9.90. The molecule has 0 fully saturated rings. The van der Waals surface area contributed by atoms with Gasteiger partial charge in [-0.25, -0.2) is 0 Å². The summed E-state index contributed by atoms with van der Waals surface area (Å²) in [5, 5.41) is 26.9. The molecule has 0 radical (unpaired) electrons. The minimum absolute atomic E-state index is 0.0779. The Morgan fingerprint density at radius 3 is 1.59 bits per heavy atom. The quantitative estimate of drug-likeness (QED) is 0.0960. The number of nitrogens with two attached hydrogens (primary N) is 2. The molecule has 1 heterocycles. The lowest BCUT2D eigenvalue weighted by atomic mass is 9.98. The van der Waals surface area contributed by atoms with Crippen molar-refractivity contribution in [3.05, 3.63) is 96.1 Å². The van der Waals surface area contributed by atoms with Gasteiger partial charge >= 0.3 is 0 Å². The maximum absolute atomic E-state index is 9.13. The molecular weight excluding hydrogens is 488 g/mol. The number of amidine groups is 2. The molecule has 0 unspecified atom stereocenters. The molecule has 0 amide bonds. The molecule has 0 bridgehead atoms. The van der Waals surface area contributed by atoms with E-state index >= 15 is 0 Å². The van der Waals surface area contributed by atoms with E-state index in [1.165, 1.54) is 11.0 Å². The Bertz CT molecular complexity index is 1600. The van der Waals surface area contributed by atoms with Crippen LogP contribution in [0.4, 0.5) is 0 Å². The van der Waals surface area contributed by atoms with Gasteiger partial charge in [0, 0.05) is 39.5 Å². The Morgan fingerprint density at radius 1 is 0.692 bits per heavy atom. The molecule has 0 saturated heterocycles. The Hall–Kier alpha value is -4.82. The fourth-order valence-electron chi connectivity index (χ4n) is 5.08. The fraction of sp³-hybridized carbons (Fsp3) is 0.161. The molecule has 4 aromatic carbocycles. The van der Waals surface area contributed by atoms with E-state index in [0.29, 0.717) is 11.1 Å². The molecule has 0 atom stereocenters. The maximum Gasteiger partial charge on any atom is 0.170 e. The van der Waals surface area contributed by atoms with Crippen molar-refractivity contribution in [3.8, 4) is 22.3 Å². The third-order valence-electron chi connectivity index (χ3n) is 7.05. The van der Waals surface area contributed by atoms with E-state index in [1.54, 1.807) is 0 Å². The van der Waals surface area contributed by atoms with Gasteiger partial charge in [0.1, 0.15) is 0 Å². The molecule has 6 N–H and O–H groups in total. The number of nitrogens with zero attached hydrogens (tertiary/aromatic N) is 4. The highest BCUT2D eigenvalue weighted by Crippen LogP contribution is 2.36. The van der Waals surface area contributed by atoms with Crippen molar-refractivity contribution in [1.82, 2.24) is 9.47 Å². The molecule has 8 nitrogen and oxygen atoms in total. The zero-order chi connectivity index (χ0) is 27.5. The SMILES string of the molecule is CN(C)CCCn1c2ccc(-c3cccc(/C(N)=N/O)c3)cc2c2cc(-c3cccc(/C(N)=N/O)c3)ccc21. The van der Waals surface area contributed by atoms with E-state index < -0.39 is 0 Å². The lowest BCUT2D eigenvalue weighted by Crippen LogP contribution is -2.15. The average molecular weight is 521 g/mol. The van der Waals surface area contributed by atoms with Crippen molar-refractivity contribution in [1.29, 1.82) is 0 Å². The van der Waals surface area contributed by atoms with Gasteiger partial charge in [0.15, 0.2) is 11.7 Å². The first-order valence-electron chi connectivity index (χ1n) is 12.8. The summed E-state index contributed by atoms with van der Waals surface area (Å²) in [6, 6.07) is 28.4. The summed E-state index contributed by atoms with van der Waals surface area (Å²) in [5.41, 5.74) is 19.4. The van der Waals surface area contributed by atoms with Crippen LogP contribution in [-0.2, 0) is 6.54 Å². The van der Waals surface area contributed by atoms with Crippen molar-refractivity contribution >= 4 is 33.5 Å².